The van der Waals surface area contributed by atoms with Crippen molar-refractivity contribution in [3.8, 4) is 5.75 Å². The fourth-order valence-corrected chi connectivity index (χ4v) is 1.11. The fraction of sp³-hybridized carbons (Fsp3) is 0. The molecule has 0 fully saturated rings. The number of carboxylic acids is 1. The van der Waals surface area contributed by atoms with Crippen LogP contribution in [0.4, 0.5) is 5.69 Å². The van der Waals surface area contributed by atoms with Gasteiger partial charge in [-0.15, -0.1) is 0 Å². The van der Waals surface area contributed by atoms with E-state index >= 15 is 0 Å². The average Bonchev–Trinajstić information content (AvgIpc) is 2.22. The lowest BCUT2D eigenvalue weighted by Gasteiger charge is -2.05. The molecule has 6 heteroatoms. The van der Waals surface area contributed by atoms with Crippen LogP contribution in [-0.2, 0) is 9.59 Å². The number of amides is 1. The Hall–Kier alpha value is -2.01. The molecule has 0 aliphatic heterocycles. The van der Waals surface area contributed by atoms with E-state index in [9.17, 15) is 14.7 Å². The maximum absolute atomic E-state index is 11.2. The summed E-state index contributed by atoms with van der Waals surface area (Å²) in [7, 11) is 0. The smallest absolute Gasteiger partial charge is 0.328 e. The van der Waals surface area contributed by atoms with E-state index in [2.05, 4.69) is 5.32 Å². The number of carbonyl (C=O) groups is 2. The van der Waals surface area contributed by atoms with E-state index in [4.69, 9.17) is 16.7 Å². The van der Waals surface area contributed by atoms with Crippen molar-refractivity contribution in [3.63, 3.8) is 0 Å². The molecule has 84 valence electrons. The Morgan fingerprint density at radius 3 is 2.62 bits per heavy atom. The van der Waals surface area contributed by atoms with Gasteiger partial charge >= 0.3 is 5.97 Å². The first-order valence-electron chi connectivity index (χ1n) is 4.20. The number of carbonyl (C=O) groups excluding carboxylic acids is 1. The third kappa shape index (κ3) is 3.29. The van der Waals surface area contributed by atoms with E-state index in [-0.39, 0.29) is 16.5 Å². The molecule has 1 aromatic carbocycles. The van der Waals surface area contributed by atoms with Crippen molar-refractivity contribution in [2.45, 2.75) is 0 Å². The predicted octanol–water partition coefficient (Wildman–Crippen LogP) is 1.62. The molecule has 0 spiro atoms. The molecule has 1 aromatic rings. The van der Waals surface area contributed by atoms with Crippen LogP contribution in [0.3, 0.4) is 0 Å². The van der Waals surface area contributed by atoms with Crippen LogP contribution >= 0.6 is 11.6 Å². The molecule has 0 aliphatic rings. The maximum Gasteiger partial charge on any atom is 0.328 e. The highest BCUT2D eigenvalue weighted by atomic mass is 35.5. The lowest BCUT2D eigenvalue weighted by Crippen LogP contribution is -2.08. The van der Waals surface area contributed by atoms with Crippen molar-refractivity contribution in [3.05, 3.63) is 35.4 Å². The standard InChI is InChI=1S/C10H8ClNO4/c11-6-2-1-3-7(10(6)16)12-8(13)4-5-9(14)15/h1-5,16H,(H,12,13)(H,14,15)/b5-4-. The summed E-state index contributed by atoms with van der Waals surface area (Å²) in [4.78, 5) is 21.3. The number of phenols is 1. The predicted molar refractivity (Wildman–Crippen MR) is 58.5 cm³/mol. The zero-order chi connectivity index (χ0) is 12.1. The highest BCUT2D eigenvalue weighted by Crippen LogP contribution is 2.30. The molecule has 5 nitrogen and oxygen atoms in total. The second-order valence-electron chi connectivity index (χ2n) is 2.80. The first kappa shape index (κ1) is 12.1. The van der Waals surface area contributed by atoms with Crippen LogP contribution < -0.4 is 5.32 Å². The number of para-hydroxylation sites is 1. The molecule has 0 bridgehead atoms. The average molecular weight is 242 g/mol. The summed E-state index contributed by atoms with van der Waals surface area (Å²) < 4.78 is 0. The van der Waals surface area contributed by atoms with E-state index in [0.29, 0.717) is 6.08 Å². The molecular weight excluding hydrogens is 234 g/mol. The Kier molecular flexibility index (Phi) is 3.90. The van der Waals surface area contributed by atoms with E-state index in [1.165, 1.54) is 12.1 Å². The third-order valence-corrected chi connectivity index (χ3v) is 1.93. The van der Waals surface area contributed by atoms with Crippen molar-refractivity contribution in [2.75, 3.05) is 5.32 Å². The first-order chi connectivity index (χ1) is 7.50. The molecule has 1 amide bonds. The molecule has 0 aliphatic carbocycles. The van der Waals surface area contributed by atoms with Gasteiger partial charge in [-0.25, -0.2) is 4.79 Å². The normalized spacial score (nSPS) is 10.3. The summed E-state index contributed by atoms with van der Waals surface area (Å²) in [5.41, 5.74) is 0.118. The summed E-state index contributed by atoms with van der Waals surface area (Å²) >= 11 is 5.61. The van der Waals surface area contributed by atoms with Gasteiger partial charge in [-0.05, 0) is 12.1 Å². The second-order valence-corrected chi connectivity index (χ2v) is 3.20. The van der Waals surface area contributed by atoms with Crippen LogP contribution in [0.1, 0.15) is 0 Å². The van der Waals surface area contributed by atoms with Crippen molar-refractivity contribution in [1.82, 2.24) is 0 Å². The Morgan fingerprint density at radius 2 is 2.00 bits per heavy atom. The number of nitrogens with one attached hydrogen (secondary N) is 1. The Labute approximate surface area is 96.0 Å². The van der Waals surface area contributed by atoms with Crippen molar-refractivity contribution >= 4 is 29.2 Å². The van der Waals surface area contributed by atoms with Crippen molar-refractivity contribution < 1.29 is 19.8 Å². The van der Waals surface area contributed by atoms with Crippen LogP contribution in [0, 0.1) is 0 Å². The monoisotopic (exact) mass is 241 g/mol. The van der Waals surface area contributed by atoms with Gasteiger partial charge < -0.3 is 15.5 Å². The number of anilines is 1. The van der Waals surface area contributed by atoms with Gasteiger partial charge in [-0.3, -0.25) is 4.79 Å². The molecule has 0 heterocycles. The fourth-order valence-electron chi connectivity index (χ4n) is 0.938. The van der Waals surface area contributed by atoms with Gasteiger partial charge in [0.1, 0.15) is 0 Å². The molecule has 0 saturated carbocycles. The highest BCUT2D eigenvalue weighted by molar-refractivity contribution is 6.32. The molecular formula is C10H8ClNO4. The molecule has 0 aromatic heterocycles. The number of phenolic OH excluding ortho intramolecular Hbond substituents is 1. The van der Waals surface area contributed by atoms with Gasteiger partial charge in [0.05, 0.1) is 10.7 Å². The van der Waals surface area contributed by atoms with Crippen LogP contribution in [0.2, 0.25) is 5.02 Å². The molecule has 16 heavy (non-hydrogen) atoms. The zero-order valence-corrected chi connectivity index (χ0v) is 8.73. The molecule has 0 radical (unpaired) electrons. The van der Waals surface area contributed by atoms with Crippen LogP contribution in [0.5, 0.6) is 5.75 Å². The number of aliphatic carboxylic acids is 1. The number of halogens is 1. The molecule has 0 unspecified atom stereocenters. The lowest BCUT2D eigenvalue weighted by molar-refractivity contribution is -0.131. The number of rotatable bonds is 3. The highest BCUT2D eigenvalue weighted by Gasteiger charge is 2.06. The topological polar surface area (TPSA) is 86.6 Å². The Morgan fingerprint density at radius 1 is 1.31 bits per heavy atom. The summed E-state index contributed by atoms with van der Waals surface area (Å²) in [6.07, 6.45) is 1.53. The molecule has 0 atom stereocenters. The number of aromatic hydroxyl groups is 1. The SMILES string of the molecule is O=C(O)/C=C\C(=O)Nc1cccc(Cl)c1O. The number of hydrogen-bond acceptors (Lipinski definition) is 3. The van der Waals surface area contributed by atoms with Crippen LogP contribution in [0.15, 0.2) is 30.4 Å². The third-order valence-electron chi connectivity index (χ3n) is 1.62. The van der Waals surface area contributed by atoms with Crippen molar-refractivity contribution in [1.29, 1.82) is 0 Å². The summed E-state index contributed by atoms with van der Waals surface area (Å²) in [6, 6.07) is 4.44. The van der Waals surface area contributed by atoms with Gasteiger partial charge in [0.15, 0.2) is 5.75 Å². The molecule has 3 N–H and O–H groups in total. The Balaban J connectivity index is 2.78. The Bertz CT molecular complexity index is 456. The second kappa shape index (κ2) is 5.18. The van der Waals surface area contributed by atoms with E-state index in [1.54, 1.807) is 6.07 Å². The van der Waals surface area contributed by atoms with Gasteiger partial charge in [-0.2, -0.15) is 0 Å². The maximum atomic E-state index is 11.2. The first-order valence-corrected chi connectivity index (χ1v) is 4.58. The van der Waals surface area contributed by atoms with Crippen LogP contribution in [0.25, 0.3) is 0 Å². The number of carboxylic acid groups (broad SMARTS) is 1. The van der Waals surface area contributed by atoms with E-state index < -0.39 is 11.9 Å². The molecule has 1 rings (SSSR count). The van der Waals surface area contributed by atoms with E-state index in [0.717, 1.165) is 6.08 Å². The molecule has 0 saturated heterocycles. The van der Waals surface area contributed by atoms with E-state index in [1.807, 2.05) is 0 Å². The van der Waals surface area contributed by atoms with Gasteiger partial charge in [0.2, 0.25) is 5.91 Å². The lowest BCUT2D eigenvalue weighted by atomic mass is 10.3. The van der Waals surface area contributed by atoms with Crippen LogP contribution in [-0.4, -0.2) is 22.1 Å². The number of hydrogen-bond donors (Lipinski definition) is 3. The minimum atomic E-state index is -1.23. The zero-order valence-electron chi connectivity index (χ0n) is 7.98. The van der Waals surface area contributed by atoms with Gasteiger partial charge in [0, 0.05) is 12.2 Å². The largest absolute Gasteiger partial charge is 0.504 e. The summed E-state index contributed by atoms with van der Waals surface area (Å²) in [5.74, 6) is -2.16. The van der Waals surface area contributed by atoms with Gasteiger partial charge in [-0.1, -0.05) is 17.7 Å². The van der Waals surface area contributed by atoms with Crippen molar-refractivity contribution in [2.24, 2.45) is 0 Å². The minimum Gasteiger partial charge on any atom is -0.504 e. The van der Waals surface area contributed by atoms with Gasteiger partial charge in [0.25, 0.3) is 0 Å². The summed E-state index contributed by atoms with van der Waals surface area (Å²) in [5, 5.41) is 20.1. The number of benzene rings is 1. The minimum absolute atomic E-state index is 0.0972. The quantitative estimate of drug-likeness (QED) is 0.554. The summed E-state index contributed by atoms with van der Waals surface area (Å²) in [6.45, 7) is 0.